The fourth-order valence-corrected chi connectivity index (χ4v) is 4.19. The van der Waals surface area contributed by atoms with Gasteiger partial charge in [0.25, 0.3) is 0 Å². The first kappa shape index (κ1) is 20.5. The molecule has 4 rings (SSSR count). The molecule has 4 heteroatoms. The van der Waals surface area contributed by atoms with E-state index >= 15 is 0 Å². The van der Waals surface area contributed by atoms with Gasteiger partial charge in [-0.1, -0.05) is 36.9 Å². The smallest absolute Gasteiger partial charge is 0.119 e. The molecule has 0 aliphatic carbocycles. The summed E-state index contributed by atoms with van der Waals surface area (Å²) < 4.78 is 6.59. The highest BCUT2D eigenvalue weighted by Gasteiger charge is 2.06. The van der Waals surface area contributed by atoms with E-state index in [1.54, 1.807) is 7.11 Å². The first-order chi connectivity index (χ1) is 14.6. The number of hydrogen-bond acceptors (Lipinski definition) is 2. The number of rotatable bonds is 8. The molecule has 0 unspecified atom stereocenters. The Hall–Kier alpha value is -2.73. The van der Waals surface area contributed by atoms with Crippen LogP contribution in [0.1, 0.15) is 22.3 Å². The highest BCUT2D eigenvalue weighted by molar-refractivity contribution is 14.1. The van der Waals surface area contributed by atoms with E-state index < -0.39 is 0 Å². The lowest BCUT2D eigenvalue weighted by atomic mass is 10.0. The number of aromatic nitrogens is 1. The van der Waals surface area contributed by atoms with Gasteiger partial charge in [-0.05, 0) is 94.1 Å². The van der Waals surface area contributed by atoms with Gasteiger partial charge in [0.15, 0.2) is 0 Å². The molecule has 1 heterocycles. The van der Waals surface area contributed by atoms with Crippen molar-refractivity contribution in [3.8, 4) is 5.75 Å². The van der Waals surface area contributed by atoms with Crippen molar-refractivity contribution in [3.05, 3.63) is 105 Å². The minimum absolute atomic E-state index is 0.845. The van der Waals surface area contributed by atoms with E-state index in [0.29, 0.717) is 0 Å². The second-order valence-corrected chi connectivity index (χ2v) is 8.63. The second-order valence-electron chi connectivity index (χ2n) is 7.39. The van der Waals surface area contributed by atoms with Gasteiger partial charge in [-0.2, -0.15) is 0 Å². The fraction of sp³-hybridized carbons (Fsp3) is 0.154. The lowest BCUT2D eigenvalue weighted by Crippen LogP contribution is -2.15. The van der Waals surface area contributed by atoms with E-state index in [0.717, 1.165) is 36.4 Å². The summed E-state index contributed by atoms with van der Waals surface area (Å²) in [4.78, 5) is 3.36. The Morgan fingerprint density at radius 1 is 1.03 bits per heavy atom. The molecule has 0 amide bonds. The average molecular weight is 508 g/mol. The molecule has 152 valence electrons. The summed E-state index contributed by atoms with van der Waals surface area (Å²) in [5.41, 5.74) is 7.10. The van der Waals surface area contributed by atoms with Crippen LogP contribution >= 0.6 is 22.6 Å². The molecular formula is C26H25IN2O. The van der Waals surface area contributed by atoms with Crippen LogP contribution in [-0.4, -0.2) is 18.6 Å². The van der Waals surface area contributed by atoms with Crippen molar-refractivity contribution in [3.63, 3.8) is 0 Å². The van der Waals surface area contributed by atoms with Gasteiger partial charge in [0.1, 0.15) is 5.75 Å². The van der Waals surface area contributed by atoms with Gasteiger partial charge in [-0.3, -0.25) is 0 Å². The summed E-state index contributed by atoms with van der Waals surface area (Å²) >= 11 is 2.36. The summed E-state index contributed by atoms with van der Waals surface area (Å²) in [5, 5.41) is 4.80. The van der Waals surface area contributed by atoms with Gasteiger partial charge in [0.2, 0.25) is 0 Å². The quantitative estimate of drug-likeness (QED) is 0.279. The molecule has 0 bridgehead atoms. The highest BCUT2D eigenvalue weighted by Crippen LogP contribution is 2.22. The first-order valence-corrected chi connectivity index (χ1v) is 11.1. The van der Waals surface area contributed by atoms with Gasteiger partial charge < -0.3 is 15.0 Å². The van der Waals surface area contributed by atoms with Crippen LogP contribution < -0.4 is 10.1 Å². The third-order valence-electron chi connectivity index (χ3n) is 5.28. The van der Waals surface area contributed by atoms with E-state index in [9.17, 15) is 0 Å². The Bertz CT molecular complexity index is 1180. The average Bonchev–Trinajstić information content (AvgIpc) is 3.16. The number of hydrogen-bond donors (Lipinski definition) is 2. The van der Waals surface area contributed by atoms with Crippen LogP contribution in [0.4, 0.5) is 0 Å². The number of halogens is 1. The first-order valence-electron chi connectivity index (χ1n) is 10.0. The Morgan fingerprint density at radius 2 is 1.83 bits per heavy atom. The SMILES string of the molecule is C=C(NCCc1c[nH]c2ccc(I)cc12)c1cccc(Cc2cccc(OC)c2)c1. The lowest BCUT2D eigenvalue weighted by Gasteiger charge is -2.12. The predicted octanol–water partition coefficient (Wildman–Crippen LogP) is 6.17. The number of ether oxygens (including phenoxy) is 1. The summed E-state index contributed by atoms with van der Waals surface area (Å²) in [6.07, 6.45) is 3.93. The van der Waals surface area contributed by atoms with Gasteiger partial charge in [-0.25, -0.2) is 0 Å². The molecule has 1 aromatic heterocycles. The van der Waals surface area contributed by atoms with E-state index in [-0.39, 0.29) is 0 Å². The van der Waals surface area contributed by atoms with Crippen molar-refractivity contribution in [2.75, 3.05) is 13.7 Å². The number of nitrogens with one attached hydrogen (secondary N) is 2. The van der Waals surface area contributed by atoms with E-state index in [1.165, 1.54) is 31.2 Å². The van der Waals surface area contributed by atoms with Crippen LogP contribution in [-0.2, 0) is 12.8 Å². The summed E-state index contributed by atoms with van der Waals surface area (Å²) in [6, 6.07) is 23.3. The number of aromatic amines is 1. The van der Waals surface area contributed by atoms with Crippen molar-refractivity contribution in [2.45, 2.75) is 12.8 Å². The summed E-state index contributed by atoms with van der Waals surface area (Å²) in [7, 11) is 1.70. The maximum atomic E-state index is 5.34. The van der Waals surface area contributed by atoms with Crippen LogP contribution in [0.2, 0.25) is 0 Å². The molecule has 2 N–H and O–H groups in total. The normalized spacial score (nSPS) is 10.9. The Balaban J connectivity index is 1.38. The fourth-order valence-electron chi connectivity index (χ4n) is 3.69. The van der Waals surface area contributed by atoms with E-state index in [1.807, 2.05) is 12.1 Å². The molecule has 0 aliphatic heterocycles. The van der Waals surface area contributed by atoms with Crippen molar-refractivity contribution >= 4 is 39.2 Å². The molecule has 30 heavy (non-hydrogen) atoms. The second kappa shape index (κ2) is 9.39. The van der Waals surface area contributed by atoms with Gasteiger partial charge in [0, 0.05) is 32.9 Å². The lowest BCUT2D eigenvalue weighted by molar-refractivity contribution is 0.414. The zero-order chi connectivity index (χ0) is 20.9. The Labute approximate surface area is 191 Å². The Morgan fingerprint density at radius 3 is 2.67 bits per heavy atom. The summed E-state index contributed by atoms with van der Waals surface area (Å²) in [5.74, 6) is 0.890. The molecule has 0 saturated carbocycles. The predicted molar refractivity (Wildman–Crippen MR) is 134 cm³/mol. The van der Waals surface area contributed by atoms with E-state index in [4.69, 9.17) is 4.74 Å². The van der Waals surface area contributed by atoms with Crippen LogP contribution in [0, 0.1) is 3.57 Å². The van der Waals surface area contributed by atoms with Crippen LogP contribution in [0.5, 0.6) is 5.75 Å². The molecule has 3 aromatic carbocycles. The van der Waals surface area contributed by atoms with E-state index in [2.05, 4.69) is 100 Å². The molecule has 0 saturated heterocycles. The molecule has 0 aliphatic rings. The number of H-pyrrole nitrogens is 1. The van der Waals surface area contributed by atoms with Crippen LogP contribution in [0.3, 0.4) is 0 Å². The zero-order valence-electron chi connectivity index (χ0n) is 17.0. The summed E-state index contributed by atoms with van der Waals surface area (Å²) in [6.45, 7) is 5.10. The standard InChI is InChI=1S/C26H25IN2O/c1-18(28-12-11-22-17-29-26-10-9-23(27)16-25(22)26)21-7-3-5-19(14-21)13-20-6-4-8-24(15-20)30-2/h3-10,14-17,28-29H,1,11-13H2,2H3. The third-order valence-corrected chi connectivity index (χ3v) is 5.95. The number of methoxy groups -OCH3 is 1. The largest absolute Gasteiger partial charge is 0.497 e. The topological polar surface area (TPSA) is 37.0 Å². The van der Waals surface area contributed by atoms with Gasteiger partial charge in [-0.15, -0.1) is 0 Å². The van der Waals surface area contributed by atoms with Gasteiger partial charge >= 0.3 is 0 Å². The molecule has 0 atom stereocenters. The van der Waals surface area contributed by atoms with Crippen molar-refractivity contribution in [1.82, 2.24) is 10.3 Å². The number of fused-ring (bicyclic) bond motifs is 1. The maximum absolute atomic E-state index is 5.34. The van der Waals surface area contributed by atoms with Gasteiger partial charge in [0.05, 0.1) is 7.11 Å². The molecule has 0 fully saturated rings. The third kappa shape index (κ3) is 4.87. The minimum atomic E-state index is 0.845. The zero-order valence-corrected chi connectivity index (χ0v) is 19.2. The number of benzene rings is 3. The molecule has 0 radical (unpaired) electrons. The van der Waals surface area contributed by atoms with Crippen LogP contribution in [0.15, 0.2) is 79.5 Å². The monoisotopic (exact) mass is 508 g/mol. The molecular weight excluding hydrogens is 483 g/mol. The van der Waals surface area contributed by atoms with Crippen molar-refractivity contribution in [1.29, 1.82) is 0 Å². The minimum Gasteiger partial charge on any atom is -0.497 e. The highest BCUT2D eigenvalue weighted by atomic mass is 127. The van der Waals surface area contributed by atoms with Crippen molar-refractivity contribution < 1.29 is 4.74 Å². The van der Waals surface area contributed by atoms with Crippen LogP contribution in [0.25, 0.3) is 16.6 Å². The molecule has 3 nitrogen and oxygen atoms in total. The molecule has 4 aromatic rings. The maximum Gasteiger partial charge on any atom is 0.119 e. The van der Waals surface area contributed by atoms with Crippen molar-refractivity contribution in [2.24, 2.45) is 0 Å². The Kier molecular flexibility index (Phi) is 6.43. The molecule has 0 spiro atoms.